The van der Waals surface area contributed by atoms with E-state index in [2.05, 4.69) is 71.9 Å². The minimum atomic E-state index is -0.920. The normalized spacial score (nSPS) is 19.5. The van der Waals surface area contributed by atoms with Crippen LogP contribution in [0.15, 0.2) is 72.8 Å². The van der Waals surface area contributed by atoms with Gasteiger partial charge in [0.05, 0.1) is 33.5 Å². The van der Waals surface area contributed by atoms with Crippen LogP contribution in [-0.4, -0.2) is 32.1 Å². The second-order valence-corrected chi connectivity index (χ2v) is 16.2. The molecule has 0 spiro atoms. The number of carbonyl (C=O) groups is 2. The maximum absolute atomic E-state index is 12.8. The van der Waals surface area contributed by atoms with E-state index < -0.39 is 11.9 Å². The number of nitrogens with zero attached hydrogens (tertiary/aromatic N) is 2. The van der Waals surface area contributed by atoms with Crippen LogP contribution in [0.2, 0.25) is 0 Å². The number of aromatic nitrogens is 2. The maximum Gasteiger partial charge on any atom is 0.336 e. The number of aromatic carboxylic acids is 2. The quantitative estimate of drug-likeness (QED) is 0.198. The molecule has 6 nitrogen and oxygen atoms in total. The summed E-state index contributed by atoms with van der Waals surface area (Å²) in [7, 11) is 0. The molecule has 0 radical (unpaired) electrons. The van der Waals surface area contributed by atoms with Gasteiger partial charge in [0, 0.05) is 10.8 Å². The molecular formula is C44H44N2O4. The molecule has 2 atom stereocenters. The topological polar surface area (TPSA) is 100 Å². The van der Waals surface area contributed by atoms with Crippen molar-refractivity contribution in [3.05, 3.63) is 118 Å². The molecular weight excluding hydrogens is 620 g/mol. The van der Waals surface area contributed by atoms with Crippen molar-refractivity contribution in [2.45, 2.75) is 67.2 Å². The predicted octanol–water partition coefficient (Wildman–Crippen LogP) is 10.5. The first-order chi connectivity index (χ1) is 23.7. The van der Waals surface area contributed by atoms with Gasteiger partial charge >= 0.3 is 11.9 Å². The van der Waals surface area contributed by atoms with E-state index in [1.165, 1.54) is 0 Å². The molecule has 2 N–H and O–H groups in total. The van der Waals surface area contributed by atoms with Crippen LogP contribution in [0.3, 0.4) is 0 Å². The Morgan fingerprint density at radius 2 is 1.00 bits per heavy atom. The monoisotopic (exact) mass is 664 g/mol. The van der Waals surface area contributed by atoms with Crippen LogP contribution in [0.25, 0.3) is 45.1 Å². The van der Waals surface area contributed by atoms with E-state index in [-0.39, 0.29) is 22.7 Å². The van der Waals surface area contributed by atoms with Gasteiger partial charge in [0.15, 0.2) is 0 Å². The van der Waals surface area contributed by atoms with Gasteiger partial charge in [-0.05, 0) is 112 Å². The SMILES string of the molecule is CC(C)(C)[C@H]1C/C(=C/c2cccc(/C=C3/C[C@H](C(C)(C)C)Cc4c3nc3ccccc3c4C(=O)O)c2)c2nc3ccccc3c(C(=O)O)c2C1. The van der Waals surface area contributed by atoms with Gasteiger partial charge < -0.3 is 10.2 Å². The molecule has 0 saturated heterocycles. The molecule has 2 heterocycles. The first-order valence-electron chi connectivity index (χ1n) is 17.5. The molecule has 0 amide bonds. The second-order valence-electron chi connectivity index (χ2n) is 16.2. The molecule has 0 saturated carbocycles. The van der Waals surface area contributed by atoms with E-state index in [1.54, 1.807) is 0 Å². The second kappa shape index (κ2) is 12.3. The predicted molar refractivity (Wildman–Crippen MR) is 202 cm³/mol. The Morgan fingerprint density at radius 3 is 1.38 bits per heavy atom. The van der Waals surface area contributed by atoms with Gasteiger partial charge in [-0.2, -0.15) is 0 Å². The minimum absolute atomic E-state index is 0.0333. The molecule has 7 rings (SSSR count). The number of hydrogen-bond donors (Lipinski definition) is 2. The Morgan fingerprint density at radius 1 is 0.600 bits per heavy atom. The Kier molecular flexibility index (Phi) is 8.25. The summed E-state index contributed by atoms with van der Waals surface area (Å²) in [4.78, 5) is 35.7. The van der Waals surface area contributed by atoms with Crippen LogP contribution >= 0.6 is 0 Å². The summed E-state index contributed by atoms with van der Waals surface area (Å²) in [5.41, 5.74) is 9.28. The summed E-state index contributed by atoms with van der Waals surface area (Å²) in [6, 6.07) is 23.4. The van der Waals surface area contributed by atoms with E-state index in [0.717, 1.165) is 57.6 Å². The zero-order chi connectivity index (χ0) is 35.5. The van der Waals surface area contributed by atoms with E-state index >= 15 is 0 Å². The number of rotatable bonds is 4. The molecule has 0 bridgehead atoms. The van der Waals surface area contributed by atoms with Crippen LogP contribution in [0, 0.1) is 22.7 Å². The Bertz CT molecular complexity index is 2110. The number of carboxylic acid groups (broad SMARTS) is 2. The van der Waals surface area contributed by atoms with Gasteiger partial charge in [-0.25, -0.2) is 19.6 Å². The van der Waals surface area contributed by atoms with E-state index in [0.29, 0.717) is 45.8 Å². The van der Waals surface area contributed by atoms with Crippen molar-refractivity contribution >= 4 is 57.0 Å². The first-order valence-corrected chi connectivity index (χ1v) is 17.5. The summed E-state index contributed by atoms with van der Waals surface area (Å²) in [5.74, 6) is -1.36. The lowest BCUT2D eigenvalue weighted by Gasteiger charge is -2.36. The number of fused-ring (bicyclic) bond motifs is 4. The van der Waals surface area contributed by atoms with E-state index in [1.807, 2.05) is 54.6 Å². The average Bonchev–Trinajstić information content (AvgIpc) is 3.05. The smallest absolute Gasteiger partial charge is 0.336 e. The molecule has 0 fully saturated rings. The average molecular weight is 665 g/mol. The third kappa shape index (κ3) is 6.12. The van der Waals surface area contributed by atoms with E-state index in [9.17, 15) is 19.8 Å². The van der Waals surface area contributed by atoms with Gasteiger partial charge in [-0.1, -0.05) is 96.1 Å². The molecule has 5 aromatic rings. The standard InChI is InChI=1S/C44H44N2O4/c1-43(2,3)29-21-27(39-33(23-29)37(41(47)48)31-14-7-9-16-35(31)45-39)19-25-12-11-13-26(18-25)20-28-22-30(44(4,5)6)24-34-38(42(49)50)32-15-8-10-17-36(32)46-40(28)34/h7-20,29-30H,21-24H2,1-6H3,(H,47,48)(H,49,50)/b27-19-,28-20-/t29-,30-/m0/s1. The van der Waals surface area contributed by atoms with Crippen molar-refractivity contribution in [3.8, 4) is 0 Å². The number of carboxylic acids is 2. The molecule has 2 aliphatic rings. The summed E-state index contributed by atoms with van der Waals surface area (Å²) in [5, 5.41) is 22.3. The molecule has 0 aliphatic heterocycles. The Labute approximate surface area is 293 Å². The van der Waals surface area contributed by atoms with Crippen LogP contribution < -0.4 is 0 Å². The Hall–Kier alpha value is -5.10. The van der Waals surface area contributed by atoms with Crippen LogP contribution in [-0.2, 0) is 12.8 Å². The van der Waals surface area contributed by atoms with Crippen molar-refractivity contribution in [1.82, 2.24) is 9.97 Å². The van der Waals surface area contributed by atoms with Gasteiger partial charge in [0.25, 0.3) is 0 Å². The molecule has 50 heavy (non-hydrogen) atoms. The molecule has 6 heteroatoms. The molecule has 3 aromatic carbocycles. The number of benzene rings is 3. The maximum atomic E-state index is 12.8. The number of pyridine rings is 2. The number of hydrogen-bond acceptors (Lipinski definition) is 4. The fourth-order valence-corrected chi connectivity index (χ4v) is 7.90. The van der Waals surface area contributed by atoms with Crippen molar-refractivity contribution in [1.29, 1.82) is 0 Å². The third-order valence-corrected chi connectivity index (χ3v) is 10.9. The highest BCUT2D eigenvalue weighted by Gasteiger charge is 2.36. The molecule has 2 aromatic heterocycles. The largest absolute Gasteiger partial charge is 0.478 e. The lowest BCUT2D eigenvalue weighted by molar-refractivity contribution is 0.0685. The highest BCUT2D eigenvalue weighted by molar-refractivity contribution is 6.07. The fourth-order valence-electron chi connectivity index (χ4n) is 7.90. The summed E-state index contributed by atoms with van der Waals surface area (Å²) >= 11 is 0. The summed E-state index contributed by atoms with van der Waals surface area (Å²) in [6.07, 6.45) is 7.26. The molecule has 0 unspecified atom stereocenters. The van der Waals surface area contributed by atoms with Gasteiger partial charge in [0.2, 0.25) is 0 Å². The molecule has 254 valence electrons. The van der Waals surface area contributed by atoms with E-state index in [4.69, 9.17) is 9.97 Å². The van der Waals surface area contributed by atoms with Gasteiger partial charge in [-0.3, -0.25) is 0 Å². The van der Waals surface area contributed by atoms with Crippen LogP contribution in [0.4, 0.5) is 0 Å². The van der Waals surface area contributed by atoms with Crippen LogP contribution in [0.1, 0.15) is 109 Å². The summed E-state index contributed by atoms with van der Waals surface area (Å²) < 4.78 is 0. The minimum Gasteiger partial charge on any atom is -0.478 e. The fraction of sp³-hybridized carbons (Fsp3) is 0.318. The van der Waals surface area contributed by atoms with Crippen molar-refractivity contribution in [3.63, 3.8) is 0 Å². The lowest BCUT2D eigenvalue weighted by atomic mass is 9.68. The highest BCUT2D eigenvalue weighted by atomic mass is 16.4. The number of allylic oxidation sites excluding steroid dienone is 2. The molecule has 2 aliphatic carbocycles. The third-order valence-electron chi connectivity index (χ3n) is 10.9. The number of para-hydroxylation sites is 2. The summed E-state index contributed by atoms with van der Waals surface area (Å²) in [6.45, 7) is 13.3. The van der Waals surface area contributed by atoms with Crippen LogP contribution in [0.5, 0.6) is 0 Å². The highest BCUT2D eigenvalue weighted by Crippen LogP contribution is 2.46. The van der Waals surface area contributed by atoms with Crippen molar-refractivity contribution < 1.29 is 19.8 Å². The first kappa shape index (κ1) is 33.4. The van der Waals surface area contributed by atoms with Crippen molar-refractivity contribution in [2.75, 3.05) is 0 Å². The van der Waals surface area contributed by atoms with Crippen molar-refractivity contribution in [2.24, 2.45) is 22.7 Å². The van der Waals surface area contributed by atoms with Gasteiger partial charge in [-0.15, -0.1) is 0 Å². The zero-order valence-electron chi connectivity index (χ0n) is 29.7. The zero-order valence-corrected chi connectivity index (χ0v) is 29.7. The lowest BCUT2D eigenvalue weighted by Crippen LogP contribution is -2.28. The van der Waals surface area contributed by atoms with Gasteiger partial charge in [0.1, 0.15) is 0 Å². The Balaban J connectivity index is 1.38.